The van der Waals surface area contributed by atoms with Gasteiger partial charge < -0.3 is 25.5 Å². The van der Waals surface area contributed by atoms with E-state index in [1.807, 2.05) is 0 Å². The average Bonchev–Trinajstić information content (AvgIpc) is 2.23. The van der Waals surface area contributed by atoms with Crippen LogP contribution in [0.5, 0.6) is 0 Å². The third-order valence-electron chi connectivity index (χ3n) is 1.82. The van der Waals surface area contributed by atoms with Crippen LogP contribution < -0.4 is 5.32 Å². The van der Waals surface area contributed by atoms with E-state index in [0.29, 0.717) is 0 Å². The highest BCUT2D eigenvalue weighted by Crippen LogP contribution is 2.05. The SMILES string of the molecule is CC(=O)NC(=O)[C@H](O)[C@@H](O)[C@H](O)[C@H](O)CO.Cl. The van der Waals surface area contributed by atoms with E-state index in [9.17, 15) is 19.8 Å². The van der Waals surface area contributed by atoms with Crippen LogP contribution in [0.15, 0.2) is 0 Å². The monoisotopic (exact) mass is 273 g/mol. The lowest BCUT2D eigenvalue weighted by atomic mass is 10.0. The van der Waals surface area contributed by atoms with Crippen LogP contribution in [0.4, 0.5) is 0 Å². The summed E-state index contributed by atoms with van der Waals surface area (Å²) in [5.41, 5.74) is 0. The largest absolute Gasteiger partial charge is 0.394 e. The van der Waals surface area contributed by atoms with Crippen LogP contribution in [-0.2, 0) is 9.59 Å². The van der Waals surface area contributed by atoms with Gasteiger partial charge in [0.15, 0.2) is 6.10 Å². The van der Waals surface area contributed by atoms with Gasteiger partial charge in [0.2, 0.25) is 5.91 Å². The second-order valence-corrected chi connectivity index (χ2v) is 3.22. The van der Waals surface area contributed by atoms with E-state index in [2.05, 4.69) is 0 Å². The number of halogens is 1. The van der Waals surface area contributed by atoms with Crippen LogP contribution in [0.2, 0.25) is 0 Å². The molecule has 0 aromatic heterocycles. The molecule has 0 saturated heterocycles. The number of rotatable bonds is 5. The highest BCUT2D eigenvalue weighted by molar-refractivity contribution is 5.96. The Morgan fingerprint density at radius 1 is 1.12 bits per heavy atom. The molecule has 0 bridgehead atoms. The zero-order valence-electron chi connectivity index (χ0n) is 8.98. The van der Waals surface area contributed by atoms with Gasteiger partial charge in [0.05, 0.1) is 6.61 Å². The molecule has 0 heterocycles. The first-order valence-corrected chi connectivity index (χ1v) is 4.45. The van der Waals surface area contributed by atoms with Gasteiger partial charge in [-0.2, -0.15) is 0 Å². The highest BCUT2D eigenvalue weighted by Gasteiger charge is 2.34. The van der Waals surface area contributed by atoms with Crippen molar-refractivity contribution in [2.24, 2.45) is 0 Å². The van der Waals surface area contributed by atoms with Crippen molar-refractivity contribution in [3.63, 3.8) is 0 Å². The summed E-state index contributed by atoms with van der Waals surface area (Å²) in [6.07, 6.45) is -7.70. The number of carbonyl (C=O) groups is 2. The summed E-state index contributed by atoms with van der Waals surface area (Å²) in [5.74, 6) is -1.95. The van der Waals surface area contributed by atoms with Crippen LogP contribution in [0.25, 0.3) is 0 Å². The number of aliphatic hydroxyl groups excluding tert-OH is 5. The van der Waals surface area contributed by atoms with Gasteiger partial charge in [0, 0.05) is 6.92 Å². The summed E-state index contributed by atoms with van der Waals surface area (Å²) in [6, 6.07) is 0. The van der Waals surface area contributed by atoms with Gasteiger partial charge in [0.1, 0.15) is 18.3 Å². The Hall–Kier alpha value is -0.770. The van der Waals surface area contributed by atoms with Gasteiger partial charge in [-0.25, -0.2) is 0 Å². The Morgan fingerprint density at radius 3 is 1.94 bits per heavy atom. The molecule has 0 radical (unpaired) electrons. The van der Waals surface area contributed by atoms with E-state index in [-0.39, 0.29) is 12.4 Å². The summed E-state index contributed by atoms with van der Waals surface area (Å²) in [6.45, 7) is 0.176. The van der Waals surface area contributed by atoms with Crippen LogP contribution in [0.3, 0.4) is 0 Å². The molecule has 0 aromatic rings. The van der Waals surface area contributed by atoms with Crippen molar-refractivity contribution in [2.75, 3.05) is 6.61 Å². The summed E-state index contributed by atoms with van der Waals surface area (Å²) < 4.78 is 0. The van der Waals surface area contributed by atoms with E-state index in [1.165, 1.54) is 0 Å². The van der Waals surface area contributed by atoms with Gasteiger partial charge >= 0.3 is 0 Å². The molecule has 0 aliphatic carbocycles. The number of amides is 2. The van der Waals surface area contributed by atoms with Crippen molar-refractivity contribution in [3.05, 3.63) is 0 Å². The third kappa shape index (κ3) is 5.91. The maximum atomic E-state index is 11.0. The molecule has 0 spiro atoms. The highest BCUT2D eigenvalue weighted by atomic mass is 35.5. The van der Waals surface area contributed by atoms with E-state index >= 15 is 0 Å². The molecule has 0 aliphatic rings. The number of aliphatic hydroxyl groups is 5. The number of carbonyl (C=O) groups excluding carboxylic acids is 2. The second-order valence-electron chi connectivity index (χ2n) is 3.22. The Kier molecular flexibility index (Phi) is 9.12. The van der Waals surface area contributed by atoms with E-state index < -0.39 is 42.8 Å². The van der Waals surface area contributed by atoms with E-state index in [4.69, 9.17) is 15.3 Å². The smallest absolute Gasteiger partial charge is 0.258 e. The first kappa shape index (κ1) is 18.6. The fourth-order valence-corrected chi connectivity index (χ4v) is 0.925. The maximum Gasteiger partial charge on any atom is 0.258 e. The molecule has 102 valence electrons. The lowest BCUT2D eigenvalue weighted by Gasteiger charge is -2.24. The van der Waals surface area contributed by atoms with Crippen LogP contribution >= 0.6 is 12.4 Å². The van der Waals surface area contributed by atoms with Gasteiger partial charge in [-0.3, -0.25) is 14.9 Å². The summed E-state index contributed by atoms with van der Waals surface area (Å²) in [7, 11) is 0. The van der Waals surface area contributed by atoms with Crippen molar-refractivity contribution in [3.8, 4) is 0 Å². The van der Waals surface area contributed by atoms with Gasteiger partial charge in [-0.15, -0.1) is 12.4 Å². The number of nitrogens with one attached hydrogen (secondary N) is 1. The van der Waals surface area contributed by atoms with Crippen molar-refractivity contribution >= 4 is 24.2 Å². The molecule has 4 atom stereocenters. The zero-order valence-corrected chi connectivity index (χ0v) is 9.79. The standard InChI is InChI=1S/C8H15NO7.ClH/c1-3(11)9-8(16)7(15)6(14)5(13)4(12)2-10;/h4-7,10,12-15H,2H2,1H3,(H,9,11,16);1H/t4-,5-,6+,7-;/m1./s1. The Bertz CT molecular complexity index is 262. The van der Waals surface area contributed by atoms with Crippen molar-refractivity contribution in [1.29, 1.82) is 0 Å². The fraction of sp³-hybridized carbons (Fsp3) is 0.750. The topological polar surface area (TPSA) is 147 Å². The molecular formula is C8H16ClNO7. The fourth-order valence-electron chi connectivity index (χ4n) is 0.925. The Balaban J connectivity index is 0. The zero-order chi connectivity index (χ0) is 12.9. The molecule has 0 unspecified atom stereocenters. The van der Waals surface area contributed by atoms with E-state index in [0.717, 1.165) is 6.92 Å². The molecule has 6 N–H and O–H groups in total. The van der Waals surface area contributed by atoms with Gasteiger partial charge in [0.25, 0.3) is 5.91 Å². The number of hydrogen-bond donors (Lipinski definition) is 6. The summed E-state index contributed by atoms with van der Waals surface area (Å²) in [5, 5.41) is 46.7. The molecule has 17 heavy (non-hydrogen) atoms. The van der Waals surface area contributed by atoms with Crippen LogP contribution in [0.1, 0.15) is 6.92 Å². The molecule has 0 fully saturated rings. The predicted octanol–water partition coefficient (Wildman–Crippen LogP) is -3.49. The average molecular weight is 274 g/mol. The molecule has 2 amide bonds. The number of imide groups is 1. The first-order chi connectivity index (χ1) is 7.31. The Morgan fingerprint density at radius 2 is 1.59 bits per heavy atom. The minimum atomic E-state index is -2.08. The van der Waals surface area contributed by atoms with Gasteiger partial charge in [-0.05, 0) is 0 Å². The molecule has 9 heteroatoms. The van der Waals surface area contributed by atoms with Crippen molar-refractivity contribution < 1.29 is 35.1 Å². The quantitative estimate of drug-likeness (QED) is 0.305. The Labute approximate surface area is 103 Å². The normalized spacial score (nSPS) is 17.3. The molecule has 0 saturated carbocycles. The molecular weight excluding hydrogens is 258 g/mol. The van der Waals surface area contributed by atoms with Crippen molar-refractivity contribution in [1.82, 2.24) is 5.32 Å². The second kappa shape index (κ2) is 8.34. The predicted molar refractivity (Wildman–Crippen MR) is 57.2 cm³/mol. The molecule has 0 aromatic carbocycles. The lowest BCUT2D eigenvalue weighted by molar-refractivity contribution is -0.150. The molecule has 0 aliphatic heterocycles. The summed E-state index contributed by atoms with van der Waals surface area (Å²) in [4.78, 5) is 21.5. The molecule has 0 rings (SSSR count). The van der Waals surface area contributed by atoms with Crippen LogP contribution in [-0.4, -0.2) is 68.4 Å². The summed E-state index contributed by atoms with van der Waals surface area (Å²) >= 11 is 0. The first-order valence-electron chi connectivity index (χ1n) is 4.45. The van der Waals surface area contributed by atoms with Crippen molar-refractivity contribution in [2.45, 2.75) is 31.3 Å². The van der Waals surface area contributed by atoms with Crippen LogP contribution in [0, 0.1) is 0 Å². The number of hydrogen-bond acceptors (Lipinski definition) is 7. The molecule has 8 nitrogen and oxygen atoms in total. The lowest BCUT2D eigenvalue weighted by Crippen LogP contribution is -2.52. The van der Waals surface area contributed by atoms with Gasteiger partial charge in [-0.1, -0.05) is 0 Å². The minimum Gasteiger partial charge on any atom is -0.394 e. The van der Waals surface area contributed by atoms with E-state index in [1.54, 1.807) is 5.32 Å². The third-order valence-corrected chi connectivity index (χ3v) is 1.82. The minimum absolute atomic E-state index is 0. The maximum absolute atomic E-state index is 11.0.